The van der Waals surface area contributed by atoms with E-state index in [1.165, 1.54) is 4.88 Å². The summed E-state index contributed by atoms with van der Waals surface area (Å²) < 4.78 is 5.22. The van der Waals surface area contributed by atoms with E-state index in [1.807, 2.05) is 32.2 Å². The summed E-state index contributed by atoms with van der Waals surface area (Å²) in [4.78, 5) is 1.21. The van der Waals surface area contributed by atoms with Crippen molar-refractivity contribution in [2.24, 2.45) is 0 Å². The van der Waals surface area contributed by atoms with Crippen LogP contribution in [0.3, 0.4) is 0 Å². The van der Waals surface area contributed by atoms with Crippen LogP contribution in [-0.2, 0) is 4.74 Å². The van der Waals surface area contributed by atoms with Crippen LogP contribution in [0.4, 0.5) is 0 Å². The molecule has 3 heteroatoms. The Balaban J connectivity index is 2.84. The normalized spacial score (nSPS) is 14.5. The highest BCUT2D eigenvalue weighted by molar-refractivity contribution is 7.10. The zero-order valence-electron chi connectivity index (χ0n) is 8.50. The van der Waals surface area contributed by atoms with Crippen LogP contribution >= 0.6 is 11.3 Å². The Labute approximate surface area is 83.2 Å². The third-order valence-electron chi connectivity index (χ3n) is 2.25. The van der Waals surface area contributed by atoms with Crippen LogP contribution in [-0.4, -0.2) is 17.8 Å². The molecule has 1 atom stereocenters. The molecule has 0 amide bonds. The predicted octanol–water partition coefficient (Wildman–Crippen LogP) is 2.51. The van der Waals surface area contributed by atoms with E-state index < -0.39 is 11.7 Å². The van der Waals surface area contributed by atoms with Gasteiger partial charge in [-0.3, -0.25) is 0 Å². The molecular formula is C10H16O2S. The first kappa shape index (κ1) is 10.7. The highest BCUT2D eigenvalue weighted by Crippen LogP contribution is 2.30. The van der Waals surface area contributed by atoms with Crippen molar-refractivity contribution in [3.05, 3.63) is 21.9 Å². The largest absolute Gasteiger partial charge is 0.385 e. The second-order valence-electron chi connectivity index (χ2n) is 3.70. The highest BCUT2D eigenvalue weighted by Gasteiger charge is 2.29. The number of thiophene rings is 1. The van der Waals surface area contributed by atoms with Crippen LogP contribution in [0.5, 0.6) is 0 Å². The molecule has 0 radical (unpaired) electrons. The van der Waals surface area contributed by atoms with E-state index in [9.17, 15) is 5.11 Å². The van der Waals surface area contributed by atoms with Crippen LogP contribution in [0.1, 0.15) is 30.4 Å². The summed E-state index contributed by atoms with van der Waals surface area (Å²) in [6.07, 6.45) is -0.553. The first-order valence-corrected chi connectivity index (χ1v) is 5.13. The SMILES string of the molecule is COC(C)(C)C(O)c1csc(C)c1. The molecule has 1 heterocycles. The second kappa shape index (κ2) is 3.78. The van der Waals surface area contributed by atoms with E-state index in [0.29, 0.717) is 0 Å². The Morgan fingerprint density at radius 2 is 2.15 bits per heavy atom. The van der Waals surface area contributed by atoms with E-state index >= 15 is 0 Å². The Morgan fingerprint density at radius 3 is 2.54 bits per heavy atom. The molecule has 74 valence electrons. The van der Waals surface area contributed by atoms with Crippen molar-refractivity contribution >= 4 is 11.3 Å². The molecule has 0 saturated heterocycles. The van der Waals surface area contributed by atoms with E-state index in [-0.39, 0.29) is 0 Å². The van der Waals surface area contributed by atoms with Gasteiger partial charge in [-0.25, -0.2) is 0 Å². The standard InChI is InChI=1S/C10H16O2S/c1-7-5-8(6-13-7)9(11)10(2,3)12-4/h5-6,9,11H,1-4H3. The lowest BCUT2D eigenvalue weighted by Crippen LogP contribution is -2.31. The molecule has 1 N–H and O–H groups in total. The zero-order chi connectivity index (χ0) is 10.1. The number of aryl methyl sites for hydroxylation is 1. The molecule has 0 aliphatic rings. The summed E-state index contributed by atoms with van der Waals surface area (Å²) in [5.41, 5.74) is 0.419. The monoisotopic (exact) mass is 200 g/mol. The van der Waals surface area contributed by atoms with Crippen LogP contribution in [0, 0.1) is 6.92 Å². The highest BCUT2D eigenvalue weighted by atomic mass is 32.1. The van der Waals surface area contributed by atoms with E-state index in [0.717, 1.165) is 5.56 Å². The van der Waals surface area contributed by atoms with Crippen molar-refractivity contribution in [2.45, 2.75) is 32.5 Å². The van der Waals surface area contributed by atoms with Gasteiger partial charge >= 0.3 is 0 Å². The molecule has 0 fully saturated rings. The lowest BCUT2D eigenvalue weighted by atomic mass is 9.96. The second-order valence-corrected chi connectivity index (χ2v) is 4.82. The fourth-order valence-corrected chi connectivity index (χ4v) is 1.84. The number of methoxy groups -OCH3 is 1. The van der Waals surface area contributed by atoms with Crippen molar-refractivity contribution in [3.63, 3.8) is 0 Å². The van der Waals surface area contributed by atoms with Crippen molar-refractivity contribution in [3.8, 4) is 0 Å². The average Bonchev–Trinajstić information content (AvgIpc) is 2.50. The van der Waals surface area contributed by atoms with Gasteiger partial charge in [-0.05, 0) is 37.8 Å². The molecule has 13 heavy (non-hydrogen) atoms. The quantitative estimate of drug-likeness (QED) is 0.812. The van der Waals surface area contributed by atoms with E-state index in [2.05, 4.69) is 0 Å². The Hall–Kier alpha value is -0.380. The van der Waals surface area contributed by atoms with E-state index in [1.54, 1.807) is 18.4 Å². The number of rotatable bonds is 3. The molecule has 0 spiro atoms. The fourth-order valence-electron chi connectivity index (χ4n) is 1.12. The summed E-state index contributed by atoms with van der Waals surface area (Å²) in [5, 5.41) is 11.9. The number of hydrogen-bond donors (Lipinski definition) is 1. The van der Waals surface area contributed by atoms with Gasteiger partial charge < -0.3 is 9.84 Å². The smallest absolute Gasteiger partial charge is 0.108 e. The summed E-state index contributed by atoms with van der Waals surface area (Å²) in [7, 11) is 1.61. The first-order valence-electron chi connectivity index (χ1n) is 4.25. The van der Waals surface area contributed by atoms with Gasteiger partial charge in [0, 0.05) is 12.0 Å². The number of aliphatic hydroxyl groups excluding tert-OH is 1. The van der Waals surface area contributed by atoms with Crippen molar-refractivity contribution in [1.29, 1.82) is 0 Å². The summed E-state index contributed by atoms with van der Waals surface area (Å²) in [6.45, 7) is 5.79. The summed E-state index contributed by atoms with van der Waals surface area (Å²) >= 11 is 1.64. The maximum Gasteiger partial charge on any atom is 0.108 e. The topological polar surface area (TPSA) is 29.5 Å². The minimum atomic E-state index is -0.553. The minimum Gasteiger partial charge on any atom is -0.385 e. The van der Waals surface area contributed by atoms with Gasteiger partial charge in [-0.15, -0.1) is 11.3 Å². The molecule has 1 unspecified atom stereocenters. The molecule has 0 aliphatic heterocycles. The number of hydrogen-bond acceptors (Lipinski definition) is 3. The maximum atomic E-state index is 9.94. The van der Waals surface area contributed by atoms with Gasteiger partial charge in [-0.1, -0.05) is 0 Å². The van der Waals surface area contributed by atoms with Crippen LogP contribution < -0.4 is 0 Å². The van der Waals surface area contributed by atoms with Crippen LogP contribution in [0.2, 0.25) is 0 Å². The molecule has 1 aromatic rings. The summed E-state index contributed by atoms with van der Waals surface area (Å²) in [5.74, 6) is 0. The molecule has 0 saturated carbocycles. The molecule has 0 aliphatic carbocycles. The Morgan fingerprint density at radius 1 is 1.54 bits per heavy atom. The lowest BCUT2D eigenvalue weighted by molar-refractivity contribution is -0.0791. The third kappa shape index (κ3) is 2.30. The van der Waals surface area contributed by atoms with Gasteiger partial charge in [-0.2, -0.15) is 0 Å². The Bertz CT molecular complexity index is 278. The molecular weight excluding hydrogens is 184 g/mol. The molecule has 1 aromatic heterocycles. The number of ether oxygens (including phenoxy) is 1. The van der Waals surface area contributed by atoms with Gasteiger partial charge in [0.25, 0.3) is 0 Å². The number of aliphatic hydroxyl groups is 1. The maximum absolute atomic E-state index is 9.94. The fraction of sp³-hybridized carbons (Fsp3) is 0.600. The predicted molar refractivity (Wildman–Crippen MR) is 55.1 cm³/mol. The van der Waals surface area contributed by atoms with Crippen molar-refractivity contribution in [1.82, 2.24) is 0 Å². The molecule has 2 nitrogen and oxygen atoms in total. The molecule has 0 bridgehead atoms. The van der Waals surface area contributed by atoms with Gasteiger partial charge in [0.05, 0.1) is 5.60 Å². The summed E-state index contributed by atoms with van der Waals surface area (Å²) in [6, 6.07) is 2.00. The van der Waals surface area contributed by atoms with Gasteiger partial charge in [0.1, 0.15) is 6.10 Å². The van der Waals surface area contributed by atoms with Crippen LogP contribution in [0.25, 0.3) is 0 Å². The van der Waals surface area contributed by atoms with Gasteiger partial charge in [0.15, 0.2) is 0 Å². The van der Waals surface area contributed by atoms with Gasteiger partial charge in [0.2, 0.25) is 0 Å². The first-order chi connectivity index (χ1) is 5.97. The molecule has 1 rings (SSSR count). The zero-order valence-corrected chi connectivity index (χ0v) is 9.31. The van der Waals surface area contributed by atoms with Crippen molar-refractivity contribution < 1.29 is 9.84 Å². The van der Waals surface area contributed by atoms with Crippen molar-refractivity contribution in [2.75, 3.05) is 7.11 Å². The minimum absolute atomic E-state index is 0.520. The van der Waals surface area contributed by atoms with E-state index in [4.69, 9.17) is 4.74 Å². The molecule has 0 aromatic carbocycles. The van der Waals surface area contributed by atoms with Crippen LogP contribution in [0.15, 0.2) is 11.4 Å². The average molecular weight is 200 g/mol. The lowest BCUT2D eigenvalue weighted by Gasteiger charge is -2.28. The Kier molecular flexibility index (Phi) is 3.11. The third-order valence-corrected chi connectivity index (χ3v) is 3.13.